The lowest BCUT2D eigenvalue weighted by Gasteiger charge is -2.34. The minimum atomic E-state index is -0.336. The average molecular weight is 463 g/mol. The Morgan fingerprint density at radius 2 is 1.26 bits per heavy atom. The highest BCUT2D eigenvalue weighted by molar-refractivity contribution is 6.08. The molecule has 1 atom stereocenters. The molecule has 0 fully saturated rings. The Labute approximate surface area is 216 Å². The van der Waals surface area contributed by atoms with Crippen LogP contribution in [0.2, 0.25) is 5.28 Å². The molecule has 0 amide bonds. The zero-order valence-corrected chi connectivity index (χ0v) is 21.2. The van der Waals surface area contributed by atoms with E-state index >= 15 is 0 Å². The minimum Gasteiger partial charge on any atom is -0.579 e. The van der Waals surface area contributed by atoms with E-state index in [4.69, 9.17) is 0 Å². The van der Waals surface area contributed by atoms with Crippen molar-refractivity contribution >= 4 is 16.3 Å². The molecule has 1 unspecified atom stereocenters. The zero-order valence-electron chi connectivity index (χ0n) is 20.0. The van der Waals surface area contributed by atoms with Gasteiger partial charge in [-0.2, -0.15) is 0 Å². The molecule has 0 heterocycles. The molecule has 5 aromatic rings. The lowest BCUT2D eigenvalue weighted by Crippen LogP contribution is -2.28. The van der Waals surface area contributed by atoms with Crippen molar-refractivity contribution in [2.24, 2.45) is 0 Å². The number of hydrogen-bond acceptors (Lipinski definition) is 0. The first-order valence-corrected chi connectivity index (χ1v) is 13.2. The van der Waals surface area contributed by atoms with Crippen LogP contribution >= 0.6 is 0 Å². The molecule has 1 aliphatic carbocycles. The van der Waals surface area contributed by atoms with Crippen molar-refractivity contribution in [3.8, 4) is 22.3 Å². The Balaban J connectivity index is 1.65. The maximum atomic E-state index is 2.84. The molecular formula is C34H27Al-. The van der Waals surface area contributed by atoms with Gasteiger partial charge in [0.25, 0.3) is 0 Å². The third kappa shape index (κ3) is 3.59. The van der Waals surface area contributed by atoms with E-state index in [9.17, 15) is 0 Å². The molecule has 0 saturated carbocycles. The predicted molar refractivity (Wildman–Crippen MR) is 148 cm³/mol. The first-order chi connectivity index (χ1) is 17.2. The standard InChI is InChI=1S/C34H27.Al/c1-3-25-16-19-29(20-17-25)34(28-12-5-4-6-13-28)32-15-8-7-14-30(32)31-23-27(18-21-33(31)34)26-11-9-10-24(2)22-26;/h4-23H,1,3H2,2H3;/q;-1. The van der Waals surface area contributed by atoms with Crippen molar-refractivity contribution in [1.82, 2.24) is 0 Å². The summed E-state index contributed by atoms with van der Waals surface area (Å²) in [6.07, 6.45) is 1.08. The van der Waals surface area contributed by atoms with Gasteiger partial charge in [0.15, 0.2) is 0 Å². The van der Waals surface area contributed by atoms with Crippen LogP contribution in [0.25, 0.3) is 22.3 Å². The van der Waals surface area contributed by atoms with Gasteiger partial charge in [0.2, 0.25) is 0 Å². The van der Waals surface area contributed by atoms with Crippen molar-refractivity contribution < 1.29 is 0 Å². The average Bonchev–Trinajstić information content (AvgIpc) is 3.20. The number of aryl methyl sites for hydroxylation is 2. The van der Waals surface area contributed by atoms with Crippen molar-refractivity contribution in [2.45, 2.75) is 24.0 Å². The van der Waals surface area contributed by atoms with Crippen LogP contribution in [-0.4, -0.2) is 16.3 Å². The molecule has 0 aromatic heterocycles. The summed E-state index contributed by atoms with van der Waals surface area (Å²) >= 11 is 2.84. The van der Waals surface area contributed by atoms with Crippen LogP contribution < -0.4 is 0 Å². The molecule has 6 rings (SSSR count). The zero-order chi connectivity index (χ0) is 23.8. The van der Waals surface area contributed by atoms with E-state index in [2.05, 4.69) is 145 Å². The third-order valence-corrected chi connectivity index (χ3v) is 7.71. The summed E-state index contributed by atoms with van der Waals surface area (Å²) in [5, 5.41) is 1.08. The minimum absolute atomic E-state index is 0.336. The summed E-state index contributed by atoms with van der Waals surface area (Å²) < 4.78 is 0. The van der Waals surface area contributed by atoms with Crippen molar-refractivity contribution in [3.05, 3.63) is 155 Å². The summed E-state index contributed by atoms with van der Waals surface area (Å²) in [5.41, 5.74) is 12.9. The van der Waals surface area contributed by atoms with Gasteiger partial charge in [-0.05, 0) is 57.5 Å². The Morgan fingerprint density at radius 1 is 0.571 bits per heavy atom. The van der Waals surface area contributed by atoms with Gasteiger partial charge in [0.05, 0.1) is 5.41 Å². The lowest BCUT2D eigenvalue weighted by atomic mass is 9.67. The normalized spacial score (nSPS) is 16.1. The Morgan fingerprint density at radius 3 is 2.03 bits per heavy atom. The van der Waals surface area contributed by atoms with E-state index in [0.717, 1.165) is 11.7 Å². The van der Waals surface area contributed by atoms with Crippen LogP contribution in [-0.2, 0) is 11.8 Å². The van der Waals surface area contributed by atoms with Crippen LogP contribution in [0.4, 0.5) is 0 Å². The van der Waals surface area contributed by atoms with E-state index in [0.29, 0.717) is 0 Å². The molecule has 1 aliphatic rings. The summed E-state index contributed by atoms with van der Waals surface area (Å²) in [7, 11) is 0. The smallest absolute Gasteiger partial charge is 0.0713 e. The largest absolute Gasteiger partial charge is 0.579 e. The molecule has 5 aromatic carbocycles. The molecular weight excluding hydrogens is 435 g/mol. The highest BCUT2D eigenvalue weighted by atomic mass is 27.0. The molecule has 35 heavy (non-hydrogen) atoms. The topological polar surface area (TPSA) is 0 Å². The highest BCUT2D eigenvalue weighted by Crippen LogP contribution is 2.56. The van der Waals surface area contributed by atoms with Gasteiger partial charge in [-0.3, -0.25) is 5.28 Å². The van der Waals surface area contributed by atoms with Gasteiger partial charge < -0.3 is 16.3 Å². The first kappa shape index (κ1) is 22.1. The third-order valence-electron chi connectivity index (χ3n) is 7.42. The van der Waals surface area contributed by atoms with Crippen molar-refractivity contribution in [1.29, 1.82) is 0 Å². The van der Waals surface area contributed by atoms with E-state index in [-0.39, 0.29) is 5.41 Å². The van der Waals surface area contributed by atoms with Gasteiger partial charge in [0, 0.05) is 0 Å². The van der Waals surface area contributed by atoms with Crippen LogP contribution in [0, 0.1) is 6.92 Å². The van der Waals surface area contributed by atoms with E-state index in [1.54, 1.807) is 0 Å². The Bertz CT molecular complexity index is 1500. The number of rotatable bonds is 5. The fourth-order valence-electron chi connectivity index (χ4n) is 5.85. The van der Waals surface area contributed by atoms with Gasteiger partial charge in [-0.25, -0.2) is 0 Å². The van der Waals surface area contributed by atoms with E-state index < -0.39 is 0 Å². The summed E-state index contributed by atoms with van der Waals surface area (Å²) in [6.45, 7) is 2.16. The molecule has 0 bridgehead atoms. The Hall–Kier alpha value is -3.37. The molecule has 0 nitrogen and oxygen atoms in total. The molecule has 0 spiro atoms. The van der Waals surface area contributed by atoms with Crippen LogP contribution in [0.5, 0.6) is 0 Å². The van der Waals surface area contributed by atoms with Gasteiger partial charge in [-0.1, -0.05) is 133 Å². The second kappa shape index (κ2) is 9.01. The second-order valence-corrected chi connectivity index (χ2v) is 10.1. The SMILES string of the molecule is Cc1cccc(-c2ccc3c(c2)-c2ccccc2C3(c2ccccc2)c2ccc(C[CH2][Al-])cc2)c1. The summed E-state index contributed by atoms with van der Waals surface area (Å²) in [6, 6.07) is 45.2. The van der Waals surface area contributed by atoms with Gasteiger partial charge in [0.1, 0.15) is 0 Å². The second-order valence-electron chi connectivity index (χ2n) is 9.53. The molecule has 0 saturated heterocycles. The van der Waals surface area contributed by atoms with Gasteiger partial charge >= 0.3 is 0 Å². The molecule has 0 aliphatic heterocycles. The summed E-state index contributed by atoms with van der Waals surface area (Å²) in [4.78, 5) is 0. The number of benzene rings is 5. The fourth-order valence-corrected chi connectivity index (χ4v) is 6.19. The van der Waals surface area contributed by atoms with Gasteiger partial charge in [-0.15, -0.1) is 0 Å². The van der Waals surface area contributed by atoms with Crippen LogP contribution in [0.3, 0.4) is 0 Å². The highest BCUT2D eigenvalue weighted by Gasteiger charge is 2.45. The number of hydrogen-bond donors (Lipinski definition) is 0. The predicted octanol–water partition coefficient (Wildman–Crippen LogP) is 8.15. The molecule has 167 valence electrons. The Kier molecular flexibility index (Phi) is 5.70. The van der Waals surface area contributed by atoms with Crippen LogP contribution in [0.1, 0.15) is 33.4 Å². The molecule has 1 heteroatoms. The van der Waals surface area contributed by atoms with Crippen molar-refractivity contribution in [2.75, 3.05) is 0 Å². The van der Waals surface area contributed by atoms with Crippen molar-refractivity contribution in [3.63, 3.8) is 0 Å². The van der Waals surface area contributed by atoms with E-state index in [1.165, 1.54) is 55.6 Å². The first-order valence-electron chi connectivity index (χ1n) is 12.4. The molecule has 3 radical (unpaired) electrons. The number of fused-ring (bicyclic) bond motifs is 3. The maximum Gasteiger partial charge on any atom is 0.0713 e. The quantitative estimate of drug-likeness (QED) is 0.227. The van der Waals surface area contributed by atoms with E-state index in [1.807, 2.05) is 0 Å². The monoisotopic (exact) mass is 462 g/mol. The lowest BCUT2D eigenvalue weighted by molar-refractivity contribution is 0.767. The maximum absolute atomic E-state index is 2.84. The fraction of sp³-hybridized carbons (Fsp3) is 0.118. The summed E-state index contributed by atoms with van der Waals surface area (Å²) in [5.74, 6) is 0. The van der Waals surface area contributed by atoms with Crippen LogP contribution in [0.15, 0.2) is 121 Å². The molecule has 0 N–H and O–H groups in total.